The van der Waals surface area contributed by atoms with Crippen LogP contribution in [0.25, 0.3) is 0 Å². The molecule has 0 radical (unpaired) electrons. The molecule has 3 aromatic rings. The van der Waals surface area contributed by atoms with E-state index < -0.39 is 17.9 Å². The van der Waals surface area contributed by atoms with Gasteiger partial charge in [0, 0.05) is 193 Å². The fraction of sp³-hybridized carbons (Fsp3) is 0.733. The van der Waals surface area contributed by atoms with Crippen molar-refractivity contribution in [2.24, 2.45) is 27.1 Å². The highest BCUT2D eigenvalue weighted by atomic mass is 32.2. The van der Waals surface area contributed by atoms with E-state index >= 15 is 0 Å². The van der Waals surface area contributed by atoms with Crippen molar-refractivity contribution in [3.8, 4) is 0 Å². The number of carbonyl (C=O) groups excluding carboxylic acids is 12. The minimum atomic E-state index is -0.825. The van der Waals surface area contributed by atoms with Gasteiger partial charge in [-0.3, -0.25) is 63.4 Å². The van der Waals surface area contributed by atoms with Crippen LogP contribution in [0.15, 0.2) is 85.5 Å². The van der Waals surface area contributed by atoms with E-state index in [4.69, 9.17) is 58.2 Å². The first-order chi connectivity index (χ1) is 65.8. The third kappa shape index (κ3) is 82.6. The van der Waals surface area contributed by atoms with Crippen molar-refractivity contribution in [2.75, 3.05) is 263 Å². The maximum Gasteiger partial charge on any atom is 0.373 e. The second kappa shape index (κ2) is 79.5. The van der Waals surface area contributed by atoms with Gasteiger partial charge in [0.1, 0.15) is 0 Å². The number of hydrogen-bond donors (Lipinski definition) is 7. The van der Waals surface area contributed by atoms with Crippen LogP contribution in [-0.2, 0) is 91.6 Å². The van der Waals surface area contributed by atoms with Gasteiger partial charge in [-0.05, 0) is 202 Å². The molecule has 3 aromatic heterocycles. The standard InChI is InChI=1S/C30H42N6.C19H40N4O2.C18H38N4.C16H33N3O4.C13H25N3O2S.5CO2/c1-30(2,3)23-36(22-26-13-7-10-16-33-26)29-18-27(34-20-24-11-5-8-14-31-24)17-28(19-29)35(4)21-25-12-6-9-15-32-25;1-19(2,3)17-23-11-7-9-21(5)13-12-20(4)8-6-10-22(14-15-23)16-18(24)25;1-18(2,3)17-22-10-6-9-20-12-11-19(4)7-5-8-21(14-13-20)15-16-22;1-6-18(12-15(22)23)9-10-19(13-16(2,3)4)8-7-17(5)11-14(20)21;1-10(16-9-13(2,3)4)6-14-11(17)7-15-12(18)8-19-5;5*2-1-3/h5-16,27-29,34H,17-23H2,1-4H3;6-17H2,1-5H3,(H,24,25);5-17H2,1-4H3;6-13H2,1-5H3,(H,20,21)(H,22,23);16H,1,6-9H2,2-5H3,(H,14,17)(H,15,18);;;;;. The first kappa shape index (κ1) is 135. The third-order valence-corrected chi connectivity index (χ3v) is 22.7. The summed E-state index contributed by atoms with van der Waals surface area (Å²) in [6.45, 7) is 71.9. The summed E-state index contributed by atoms with van der Waals surface area (Å²) in [6.07, 6.45) is 17.0. The maximum absolute atomic E-state index is 11.5. The van der Waals surface area contributed by atoms with Crippen molar-refractivity contribution >= 4 is 72.2 Å². The molecule has 38 nitrogen and oxygen atoms in total. The Balaban J connectivity index is -0.00000164. The highest BCUT2D eigenvalue weighted by molar-refractivity contribution is 7.99. The molecule has 5 unspecified atom stereocenters. The molecule has 140 heavy (non-hydrogen) atoms. The lowest BCUT2D eigenvalue weighted by Gasteiger charge is -2.45. The number of carboxylic acids is 3. The SMILES string of the molecule is C=C(CNC(=O)CNC(=O)CSC)NCC(C)(C)C.CCN(CCN(CCN(C)CC(=O)O)CC(C)(C)C)CC(=O)O.CN(Cc1ccccn1)C1CC(NCc2ccccn2)CC(N(Cc2ccccn2)CC(C)(C)C)C1.CN1CCCN(CC(=O)O)CCN(CC(C)(C)C)CCCN(C)CC1.CN1CCCN2CCN(CCCN(CC(C)(C)C)CC2)CC1.O=C=O.O=C=O.O=C=O.O=C=O.O=C=O. The number of amides is 2. The molecular weight excluding hydrogens is 1810 g/mol. The summed E-state index contributed by atoms with van der Waals surface area (Å²) < 4.78 is 0. The maximum atomic E-state index is 11.5. The molecule has 1 aliphatic carbocycles. The molecule has 4 aliphatic rings. The lowest BCUT2D eigenvalue weighted by atomic mass is 9.83. The van der Waals surface area contributed by atoms with Crippen molar-refractivity contribution in [3.05, 3.63) is 103 Å². The molecule has 796 valence electrons. The monoisotopic (exact) mass is 1990 g/mol. The predicted molar refractivity (Wildman–Crippen MR) is 543 cm³/mol. The minimum Gasteiger partial charge on any atom is -0.480 e. The van der Waals surface area contributed by atoms with Gasteiger partial charge in [-0.1, -0.05) is 136 Å². The second-order valence-electron chi connectivity index (χ2n) is 41.9. The molecule has 5 atom stereocenters. The van der Waals surface area contributed by atoms with Crippen LogP contribution in [0.3, 0.4) is 0 Å². The largest absolute Gasteiger partial charge is 0.480 e. The van der Waals surface area contributed by atoms with Crippen molar-refractivity contribution in [1.82, 2.24) is 99.9 Å². The summed E-state index contributed by atoms with van der Waals surface area (Å²) in [4.78, 5) is 182. The first-order valence-electron chi connectivity index (χ1n) is 48.5. The van der Waals surface area contributed by atoms with E-state index in [1.807, 2.05) is 54.9 Å². The van der Waals surface area contributed by atoms with Gasteiger partial charge in [-0.25, -0.2) is 0 Å². The number of aliphatic carboxylic acids is 3. The van der Waals surface area contributed by atoms with Gasteiger partial charge in [0.25, 0.3) is 0 Å². The molecule has 39 heteroatoms. The first-order valence-corrected chi connectivity index (χ1v) is 49.9. The molecule has 0 aromatic carbocycles. The zero-order valence-corrected chi connectivity index (χ0v) is 89.8. The van der Waals surface area contributed by atoms with Crippen LogP contribution in [0, 0.1) is 27.1 Å². The molecule has 2 bridgehead atoms. The van der Waals surface area contributed by atoms with E-state index in [9.17, 15) is 29.1 Å². The zero-order chi connectivity index (χ0) is 107. The number of nitrogens with zero attached hydrogens (tertiary/aromatic N) is 16. The van der Waals surface area contributed by atoms with E-state index in [-0.39, 0.29) is 90.4 Å². The van der Waals surface area contributed by atoms with Gasteiger partial charge in [-0.15, -0.1) is 0 Å². The Labute approximate surface area is 841 Å². The van der Waals surface area contributed by atoms with Crippen molar-refractivity contribution < 1.29 is 87.2 Å². The van der Waals surface area contributed by atoms with E-state index in [0.29, 0.717) is 55.5 Å². The van der Waals surface area contributed by atoms with Gasteiger partial charge < -0.3 is 75.8 Å². The van der Waals surface area contributed by atoms with E-state index in [1.54, 1.807) is 11.9 Å². The van der Waals surface area contributed by atoms with Crippen LogP contribution in [-0.4, -0.2) is 436 Å². The Morgan fingerprint density at radius 3 is 1.28 bits per heavy atom. The number of pyridine rings is 3. The molecule has 7 N–H and O–H groups in total. The number of nitrogens with one attached hydrogen (secondary N) is 4. The molecule has 3 aliphatic heterocycles. The summed E-state index contributed by atoms with van der Waals surface area (Å²) in [6, 6.07) is 19.9. The highest BCUT2D eigenvalue weighted by Crippen LogP contribution is 2.32. The van der Waals surface area contributed by atoms with Crippen molar-refractivity contribution in [2.45, 2.75) is 193 Å². The summed E-state index contributed by atoms with van der Waals surface area (Å²) in [5.41, 5.74) is 5.30. The molecule has 1 saturated carbocycles. The number of rotatable bonds is 34. The van der Waals surface area contributed by atoms with Gasteiger partial charge in [0.05, 0.1) is 55.6 Å². The molecule has 6 heterocycles. The lowest BCUT2D eigenvalue weighted by Crippen LogP contribution is -2.53. The second-order valence-corrected chi connectivity index (χ2v) is 42.8. The summed E-state index contributed by atoms with van der Waals surface area (Å²) in [7, 11) is 10.7. The van der Waals surface area contributed by atoms with E-state index in [1.165, 1.54) is 96.6 Å². The molecule has 3 saturated heterocycles. The number of aromatic nitrogens is 3. The topological polar surface area (TPSA) is 446 Å². The summed E-state index contributed by atoms with van der Waals surface area (Å²) in [5.74, 6) is -2.34. The Morgan fingerprint density at radius 2 is 0.843 bits per heavy atom. The average molecular weight is 1990 g/mol. The van der Waals surface area contributed by atoms with Crippen LogP contribution in [0.2, 0.25) is 0 Å². The summed E-state index contributed by atoms with van der Waals surface area (Å²) in [5, 5.41) is 39.2. The van der Waals surface area contributed by atoms with Crippen molar-refractivity contribution in [1.29, 1.82) is 0 Å². The molecule has 7 rings (SSSR count). The molecule has 0 spiro atoms. The molecule has 2 amide bonds. The summed E-state index contributed by atoms with van der Waals surface area (Å²) >= 11 is 1.42. The number of carboxylic acid groups (broad SMARTS) is 3. The van der Waals surface area contributed by atoms with E-state index in [0.717, 1.165) is 166 Å². The van der Waals surface area contributed by atoms with Gasteiger partial charge >= 0.3 is 48.7 Å². The van der Waals surface area contributed by atoms with Crippen LogP contribution >= 0.6 is 11.8 Å². The predicted octanol–water partition coefficient (Wildman–Crippen LogP) is 6.56. The fourth-order valence-electron chi connectivity index (χ4n) is 15.9. The molecule has 4 fully saturated rings. The van der Waals surface area contributed by atoms with Gasteiger partial charge in [0.15, 0.2) is 0 Å². The minimum absolute atomic E-state index is 0.00590. The number of likely N-dealkylation sites (N-methyl/N-ethyl adjacent to an activating group) is 5. The zero-order valence-electron chi connectivity index (χ0n) is 89.0. The third-order valence-electron chi connectivity index (χ3n) is 22.1. The van der Waals surface area contributed by atoms with E-state index in [2.05, 4.69) is 265 Å². The Hall–Kier alpha value is -8.97. The lowest BCUT2D eigenvalue weighted by molar-refractivity contribution is -0.193. The quantitative estimate of drug-likeness (QED) is 0.0333. The van der Waals surface area contributed by atoms with Gasteiger partial charge in [0.2, 0.25) is 11.8 Å². The van der Waals surface area contributed by atoms with Crippen LogP contribution < -0.4 is 21.3 Å². The number of fused-ring (bicyclic) bond motifs is 3. The Kier molecular flexibility index (Phi) is 76.7. The number of thioether (sulfide) groups is 1. The smallest absolute Gasteiger partial charge is 0.373 e. The van der Waals surface area contributed by atoms with Gasteiger partial charge in [-0.2, -0.15) is 59.7 Å². The van der Waals surface area contributed by atoms with Crippen LogP contribution in [0.4, 0.5) is 0 Å². The van der Waals surface area contributed by atoms with Crippen LogP contribution in [0.5, 0.6) is 0 Å². The normalized spacial score (nSPS) is 18.0. The Bertz CT molecular complexity index is 3860. The fourth-order valence-corrected chi connectivity index (χ4v) is 16.2. The van der Waals surface area contributed by atoms with Crippen LogP contribution in [0.1, 0.15) is 173 Å². The number of hydrogen-bond acceptors (Lipinski definition) is 34. The average Bonchev–Trinajstić information content (AvgIpc) is 0.812. The Morgan fingerprint density at radius 1 is 0.443 bits per heavy atom. The highest BCUT2D eigenvalue weighted by Gasteiger charge is 2.36. The number of carbonyl (C=O) groups is 5. The van der Waals surface area contributed by atoms with Crippen molar-refractivity contribution in [3.63, 3.8) is 0 Å². The molecular formula is C101H178N20O18S.